The fourth-order valence-electron chi connectivity index (χ4n) is 2.88. The van der Waals surface area contributed by atoms with Gasteiger partial charge in [0.15, 0.2) is 0 Å². The van der Waals surface area contributed by atoms with Crippen LogP contribution in [0.5, 0.6) is 0 Å². The first-order valence-electron chi connectivity index (χ1n) is 6.63. The Labute approximate surface area is 104 Å². The van der Waals surface area contributed by atoms with Crippen molar-refractivity contribution >= 4 is 5.91 Å². The maximum absolute atomic E-state index is 12.4. The van der Waals surface area contributed by atoms with Crippen molar-refractivity contribution in [3.8, 4) is 0 Å². The van der Waals surface area contributed by atoms with E-state index < -0.39 is 5.54 Å². The SMILES string of the molecule is CCC1(C)NC(C)N(CC2(C)CCCO2)C1=O. The van der Waals surface area contributed by atoms with Crippen LogP contribution in [-0.2, 0) is 9.53 Å². The Balaban J connectivity index is 2.09. The van der Waals surface area contributed by atoms with Crippen molar-refractivity contribution < 1.29 is 9.53 Å². The summed E-state index contributed by atoms with van der Waals surface area (Å²) >= 11 is 0. The number of hydrogen-bond donors (Lipinski definition) is 1. The van der Waals surface area contributed by atoms with Crippen molar-refractivity contribution in [2.75, 3.05) is 13.2 Å². The molecule has 3 atom stereocenters. The Kier molecular flexibility index (Phi) is 3.21. The maximum atomic E-state index is 12.4. The summed E-state index contributed by atoms with van der Waals surface area (Å²) < 4.78 is 5.78. The second-order valence-electron chi connectivity index (χ2n) is 5.84. The van der Waals surface area contributed by atoms with E-state index in [-0.39, 0.29) is 17.7 Å². The molecule has 4 nitrogen and oxygen atoms in total. The summed E-state index contributed by atoms with van der Waals surface area (Å²) in [7, 11) is 0. The topological polar surface area (TPSA) is 41.6 Å². The fraction of sp³-hybridized carbons (Fsp3) is 0.923. The number of amides is 1. The molecule has 0 aromatic carbocycles. The fourth-order valence-corrected chi connectivity index (χ4v) is 2.88. The third kappa shape index (κ3) is 2.20. The minimum Gasteiger partial charge on any atom is -0.373 e. The van der Waals surface area contributed by atoms with E-state index in [4.69, 9.17) is 4.74 Å². The Bertz CT molecular complexity index is 313. The average Bonchev–Trinajstić information content (AvgIpc) is 2.79. The molecule has 0 spiro atoms. The van der Waals surface area contributed by atoms with E-state index >= 15 is 0 Å². The highest BCUT2D eigenvalue weighted by Gasteiger charge is 2.47. The monoisotopic (exact) mass is 240 g/mol. The molecular formula is C13H24N2O2. The van der Waals surface area contributed by atoms with Crippen molar-refractivity contribution in [3.05, 3.63) is 0 Å². The summed E-state index contributed by atoms with van der Waals surface area (Å²) in [5.41, 5.74) is -0.543. The molecule has 1 amide bonds. The molecule has 0 aliphatic carbocycles. The van der Waals surface area contributed by atoms with Gasteiger partial charge < -0.3 is 9.64 Å². The highest BCUT2D eigenvalue weighted by Crippen LogP contribution is 2.30. The maximum Gasteiger partial charge on any atom is 0.243 e. The van der Waals surface area contributed by atoms with Crippen molar-refractivity contribution in [2.45, 2.75) is 64.3 Å². The van der Waals surface area contributed by atoms with E-state index in [1.54, 1.807) is 0 Å². The molecule has 2 aliphatic rings. The predicted octanol–water partition coefficient (Wildman–Crippen LogP) is 1.50. The van der Waals surface area contributed by atoms with Crippen LogP contribution in [0.2, 0.25) is 0 Å². The molecule has 2 saturated heterocycles. The second kappa shape index (κ2) is 4.25. The summed E-state index contributed by atoms with van der Waals surface area (Å²) in [5, 5.41) is 3.39. The van der Waals surface area contributed by atoms with Gasteiger partial charge in [0.05, 0.1) is 23.9 Å². The summed E-state index contributed by atoms with van der Waals surface area (Å²) in [6.45, 7) is 9.73. The number of nitrogens with zero attached hydrogens (tertiary/aromatic N) is 1. The molecule has 1 N–H and O–H groups in total. The molecule has 3 unspecified atom stereocenters. The standard InChI is InChI=1S/C13H24N2O2/c1-5-13(4)11(16)15(10(2)14-13)9-12(3)7-6-8-17-12/h10,14H,5-9H2,1-4H3. The average molecular weight is 240 g/mol. The Hall–Kier alpha value is -0.610. The lowest BCUT2D eigenvalue weighted by Gasteiger charge is -2.31. The van der Waals surface area contributed by atoms with Crippen molar-refractivity contribution in [1.29, 1.82) is 0 Å². The van der Waals surface area contributed by atoms with Crippen LogP contribution in [0.1, 0.15) is 47.0 Å². The zero-order chi connectivity index (χ0) is 12.7. The molecule has 2 rings (SSSR count). The lowest BCUT2D eigenvalue weighted by Crippen LogP contribution is -2.46. The van der Waals surface area contributed by atoms with Crippen LogP contribution >= 0.6 is 0 Å². The van der Waals surface area contributed by atoms with Gasteiger partial charge in [-0.2, -0.15) is 0 Å². The number of hydrogen-bond acceptors (Lipinski definition) is 3. The third-order valence-electron chi connectivity index (χ3n) is 4.24. The highest BCUT2D eigenvalue weighted by molar-refractivity contribution is 5.88. The smallest absolute Gasteiger partial charge is 0.243 e. The highest BCUT2D eigenvalue weighted by atomic mass is 16.5. The van der Waals surface area contributed by atoms with E-state index in [1.165, 1.54) is 0 Å². The molecule has 98 valence electrons. The number of ether oxygens (including phenoxy) is 1. The van der Waals surface area contributed by atoms with Gasteiger partial charge in [0.1, 0.15) is 0 Å². The Morgan fingerprint density at radius 3 is 2.71 bits per heavy atom. The summed E-state index contributed by atoms with van der Waals surface area (Å²) in [6, 6.07) is 0. The molecule has 0 aromatic rings. The Morgan fingerprint density at radius 1 is 1.53 bits per heavy atom. The minimum atomic E-state index is -0.394. The van der Waals surface area contributed by atoms with E-state index in [1.807, 2.05) is 11.8 Å². The van der Waals surface area contributed by atoms with Gasteiger partial charge >= 0.3 is 0 Å². The van der Waals surface area contributed by atoms with Gasteiger partial charge in [0.2, 0.25) is 5.91 Å². The van der Waals surface area contributed by atoms with Crippen molar-refractivity contribution in [2.24, 2.45) is 0 Å². The molecular weight excluding hydrogens is 216 g/mol. The second-order valence-corrected chi connectivity index (χ2v) is 5.84. The first kappa shape index (κ1) is 12.8. The first-order chi connectivity index (χ1) is 7.90. The minimum absolute atomic E-state index is 0.105. The van der Waals surface area contributed by atoms with Gasteiger partial charge in [0, 0.05) is 6.61 Å². The molecule has 0 bridgehead atoms. The molecule has 0 radical (unpaired) electrons. The van der Waals surface area contributed by atoms with Crippen LogP contribution in [0.4, 0.5) is 0 Å². The number of rotatable bonds is 3. The van der Waals surface area contributed by atoms with Gasteiger partial charge in [-0.1, -0.05) is 6.92 Å². The van der Waals surface area contributed by atoms with Gasteiger partial charge in [-0.15, -0.1) is 0 Å². The first-order valence-corrected chi connectivity index (χ1v) is 6.63. The largest absolute Gasteiger partial charge is 0.373 e. The van der Waals surface area contributed by atoms with Crippen LogP contribution in [0.3, 0.4) is 0 Å². The summed E-state index contributed by atoms with van der Waals surface area (Å²) in [5.74, 6) is 0.212. The lowest BCUT2D eigenvalue weighted by molar-refractivity contribution is -0.136. The van der Waals surface area contributed by atoms with E-state index in [0.29, 0.717) is 6.54 Å². The van der Waals surface area contributed by atoms with Crippen molar-refractivity contribution in [1.82, 2.24) is 10.2 Å². The van der Waals surface area contributed by atoms with Gasteiger partial charge in [-0.05, 0) is 40.0 Å². The molecule has 2 aliphatic heterocycles. The van der Waals surface area contributed by atoms with Gasteiger partial charge in [-0.25, -0.2) is 0 Å². The van der Waals surface area contributed by atoms with Crippen LogP contribution in [0, 0.1) is 0 Å². The van der Waals surface area contributed by atoms with E-state index in [2.05, 4.69) is 26.1 Å². The number of carbonyl (C=O) groups is 1. The summed E-state index contributed by atoms with van der Waals surface area (Å²) in [6.07, 6.45) is 3.08. The molecule has 0 aromatic heterocycles. The quantitative estimate of drug-likeness (QED) is 0.813. The number of carbonyl (C=O) groups excluding carboxylic acids is 1. The van der Waals surface area contributed by atoms with Gasteiger partial charge in [0.25, 0.3) is 0 Å². The molecule has 4 heteroatoms. The van der Waals surface area contributed by atoms with E-state index in [9.17, 15) is 4.79 Å². The number of nitrogens with one attached hydrogen (secondary N) is 1. The Morgan fingerprint density at radius 2 is 2.24 bits per heavy atom. The van der Waals surface area contributed by atoms with Crippen molar-refractivity contribution in [3.63, 3.8) is 0 Å². The molecule has 2 fully saturated rings. The normalized spacial score (nSPS) is 42.5. The van der Waals surface area contributed by atoms with Crippen LogP contribution < -0.4 is 5.32 Å². The summed E-state index contributed by atoms with van der Waals surface area (Å²) in [4.78, 5) is 14.3. The van der Waals surface area contributed by atoms with Crippen LogP contribution in [0.15, 0.2) is 0 Å². The third-order valence-corrected chi connectivity index (χ3v) is 4.24. The molecule has 17 heavy (non-hydrogen) atoms. The molecule has 2 heterocycles. The van der Waals surface area contributed by atoms with Crippen LogP contribution in [0.25, 0.3) is 0 Å². The van der Waals surface area contributed by atoms with E-state index in [0.717, 1.165) is 25.9 Å². The zero-order valence-corrected chi connectivity index (χ0v) is 11.4. The van der Waals surface area contributed by atoms with Gasteiger partial charge in [-0.3, -0.25) is 10.1 Å². The predicted molar refractivity (Wildman–Crippen MR) is 66.6 cm³/mol. The lowest BCUT2D eigenvalue weighted by atomic mass is 9.98. The van der Waals surface area contributed by atoms with Crippen LogP contribution in [-0.4, -0.2) is 41.3 Å². The zero-order valence-electron chi connectivity index (χ0n) is 11.4. The molecule has 0 saturated carbocycles.